The molecule has 0 heterocycles. The molecule has 6 heteroatoms. The van der Waals surface area contributed by atoms with Crippen molar-refractivity contribution in [3.8, 4) is 0 Å². The van der Waals surface area contributed by atoms with Crippen LogP contribution >= 0.6 is 0 Å². The van der Waals surface area contributed by atoms with Crippen molar-refractivity contribution in [2.75, 3.05) is 14.2 Å². The maximum atomic E-state index is 10.6. The molecule has 0 spiro atoms. The first-order valence-electron chi connectivity index (χ1n) is 3.91. The molecular weight excluding hydrogens is 183 g/mol. The summed E-state index contributed by atoms with van der Waals surface area (Å²) in [6.45, 7) is 0. The Kier molecular flexibility index (Phi) is 10.6. The largest absolute Gasteiger partial charge is 1.00 e. The second kappa shape index (κ2) is 9.22. The van der Waals surface area contributed by atoms with E-state index < -0.39 is 11.8 Å². The first-order chi connectivity index (χ1) is 6.11. The summed E-state index contributed by atoms with van der Waals surface area (Å²) in [7, 11) is 2.96. The Bertz CT molecular complexity index is 179. The van der Waals surface area contributed by atoms with Crippen molar-refractivity contribution in [3.05, 3.63) is 0 Å². The molecule has 0 saturated heterocycles. The summed E-state index contributed by atoms with van der Waals surface area (Å²) < 4.78 is 9.69. The molecule has 0 rings (SSSR count). The zero-order chi connectivity index (χ0) is 10.3. The number of aliphatic carboxylic acids is 1. The molecule has 0 aliphatic rings. The first kappa shape index (κ1) is 16.1. The number of carboxylic acid groups (broad SMARTS) is 1. The van der Waals surface area contributed by atoms with Crippen molar-refractivity contribution >= 4 is 11.8 Å². The van der Waals surface area contributed by atoms with E-state index in [4.69, 9.17) is 9.47 Å². The van der Waals surface area contributed by atoms with Gasteiger partial charge in [-0.05, 0) is 12.8 Å². The quantitative estimate of drug-likeness (QED) is 0.236. The minimum absolute atomic E-state index is 0. The van der Waals surface area contributed by atoms with Gasteiger partial charge >= 0.3 is 18.9 Å². The number of hydrogen-bond donors (Lipinski definition) is 0. The van der Waals surface area contributed by atoms with Gasteiger partial charge in [-0.3, -0.25) is 4.79 Å². The topological polar surface area (TPSA) is 75.7 Å². The minimum atomic E-state index is -1.63. The molecule has 0 radical (unpaired) electrons. The van der Waals surface area contributed by atoms with Crippen molar-refractivity contribution < 1.29 is 43.0 Å². The van der Waals surface area contributed by atoms with E-state index >= 15 is 0 Å². The number of carbonyl (C=O) groups excluding carboxylic acids is 2. The molecule has 14 heavy (non-hydrogen) atoms. The molecular formula is C8H13LiO5. The molecule has 0 aromatic rings. The molecule has 76 valence electrons. The Morgan fingerprint density at radius 2 is 1.79 bits per heavy atom. The molecule has 0 N–H and O–H groups in total. The first-order valence-corrected chi connectivity index (χ1v) is 3.91. The maximum absolute atomic E-state index is 10.6. The summed E-state index contributed by atoms with van der Waals surface area (Å²) in [6.07, 6.45) is 0.492. The van der Waals surface area contributed by atoms with Gasteiger partial charge in [-0.2, -0.15) is 0 Å². The van der Waals surface area contributed by atoms with E-state index in [9.17, 15) is 14.7 Å². The average molecular weight is 196 g/mol. The zero-order valence-corrected chi connectivity index (χ0v) is 8.74. The van der Waals surface area contributed by atoms with Crippen molar-refractivity contribution in [2.45, 2.75) is 25.6 Å². The monoisotopic (exact) mass is 196 g/mol. The number of carboxylic acids is 1. The summed E-state index contributed by atoms with van der Waals surface area (Å²) in [4.78, 5) is 20.5. The van der Waals surface area contributed by atoms with Gasteiger partial charge in [0.2, 0.25) is 0 Å². The SMILES string of the molecule is COC(CCCC(=O)C(=O)[O-])OC.[Li+]. The Morgan fingerprint density at radius 1 is 1.29 bits per heavy atom. The third-order valence-corrected chi connectivity index (χ3v) is 1.60. The van der Waals surface area contributed by atoms with Crippen LogP contribution in [0.4, 0.5) is 0 Å². The van der Waals surface area contributed by atoms with Gasteiger partial charge in [0.1, 0.15) is 5.97 Å². The van der Waals surface area contributed by atoms with Crippen LogP contribution in [0.15, 0.2) is 0 Å². The Labute approximate surface area is 94.9 Å². The Balaban J connectivity index is 0. The molecule has 0 aromatic carbocycles. The van der Waals surface area contributed by atoms with Crippen LogP contribution in [0.5, 0.6) is 0 Å². The molecule has 5 nitrogen and oxygen atoms in total. The fraction of sp³-hybridized carbons (Fsp3) is 0.750. The van der Waals surface area contributed by atoms with Crippen LogP contribution in [0.25, 0.3) is 0 Å². The van der Waals surface area contributed by atoms with E-state index in [1.54, 1.807) is 0 Å². The predicted molar refractivity (Wildman–Crippen MR) is 41.7 cm³/mol. The van der Waals surface area contributed by atoms with Gasteiger partial charge in [0.05, 0.1) is 0 Å². The molecule has 0 saturated carbocycles. The Hall–Kier alpha value is -0.343. The third-order valence-electron chi connectivity index (χ3n) is 1.60. The summed E-state index contributed by atoms with van der Waals surface area (Å²) in [5.74, 6) is -2.52. The van der Waals surface area contributed by atoms with Crippen LogP contribution in [0, 0.1) is 0 Å². The Morgan fingerprint density at radius 3 is 2.14 bits per heavy atom. The van der Waals surface area contributed by atoms with Crippen molar-refractivity contribution in [1.82, 2.24) is 0 Å². The minimum Gasteiger partial charge on any atom is -0.542 e. The number of hydrogen-bond acceptors (Lipinski definition) is 5. The molecule has 0 unspecified atom stereocenters. The summed E-state index contributed by atoms with van der Waals surface area (Å²) in [5, 5.41) is 9.99. The molecule has 0 fully saturated rings. The smallest absolute Gasteiger partial charge is 0.542 e. The molecule has 0 atom stereocenters. The van der Waals surface area contributed by atoms with Crippen LogP contribution in [0.1, 0.15) is 19.3 Å². The molecule has 0 aliphatic carbocycles. The van der Waals surface area contributed by atoms with E-state index in [1.807, 2.05) is 0 Å². The van der Waals surface area contributed by atoms with Gasteiger partial charge < -0.3 is 19.4 Å². The van der Waals surface area contributed by atoms with Crippen LogP contribution in [0.3, 0.4) is 0 Å². The van der Waals surface area contributed by atoms with Crippen LogP contribution in [-0.4, -0.2) is 32.3 Å². The third kappa shape index (κ3) is 7.10. The maximum Gasteiger partial charge on any atom is 1.00 e. The summed E-state index contributed by atoms with van der Waals surface area (Å²) >= 11 is 0. The van der Waals surface area contributed by atoms with E-state index in [1.165, 1.54) is 14.2 Å². The standard InChI is InChI=1S/C8H14O5.Li/c1-12-7(13-2)5-3-4-6(9)8(10)11;/h7H,3-5H2,1-2H3,(H,10,11);/q;+1/p-1. The van der Waals surface area contributed by atoms with Crippen LogP contribution in [0.2, 0.25) is 0 Å². The number of methoxy groups -OCH3 is 2. The van der Waals surface area contributed by atoms with Gasteiger partial charge in [0, 0.05) is 20.6 Å². The number of ketones is 1. The fourth-order valence-corrected chi connectivity index (χ4v) is 0.863. The second-order valence-electron chi connectivity index (χ2n) is 2.50. The number of rotatable bonds is 7. The number of ether oxygens (including phenoxy) is 2. The summed E-state index contributed by atoms with van der Waals surface area (Å²) in [6, 6.07) is 0. The zero-order valence-electron chi connectivity index (χ0n) is 8.74. The predicted octanol–water partition coefficient (Wildman–Crippen LogP) is -3.90. The summed E-state index contributed by atoms with van der Waals surface area (Å²) in [5.41, 5.74) is 0. The van der Waals surface area contributed by atoms with Crippen molar-refractivity contribution in [2.24, 2.45) is 0 Å². The average Bonchev–Trinajstić information content (AvgIpc) is 2.12. The van der Waals surface area contributed by atoms with E-state index in [0.717, 1.165) is 0 Å². The molecule has 0 aliphatic heterocycles. The van der Waals surface area contributed by atoms with Gasteiger partial charge in [0.25, 0.3) is 0 Å². The molecule has 0 aromatic heterocycles. The second-order valence-corrected chi connectivity index (χ2v) is 2.50. The number of carbonyl (C=O) groups is 2. The number of Topliss-reactive ketones (excluding diaryl/α,β-unsaturated/α-hetero) is 1. The van der Waals surface area contributed by atoms with E-state index in [-0.39, 0.29) is 31.6 Å². The van der Waals surface area contributed by atoms with Gasteiger partial charge in [-0.25, -0.2) is 0 Å². The van der Waals surface area contributed by atoms with E-state index in [2.05, 4.69) is 0 Å². The fourth-order valence-electron chi connectivity index (χ4n) is 0.863. The van der Waals surface area contributed by atoms with Crippen molar-refractivity contribution in [3.63, 3.8) is 0 Å². The van der Waals surface area contributed by atoms with Gasteiger partial charge in [-0.15, -0.1) is 0 Å². The molecule has 0 amide bonds. The van der Waals surface area contributed by atoms with Crippen LogP contribution in [-0.2, 0) is 19.1 Å². The van der Waals surface area contributed by atoms with Gasteiger partial charge in [-0.1, -0.05) is 0 Å². The molecule has 0 bridgehead atoms. The van der Waals surface area contributed by atoms with Crippen LogP contribution < -0.4 is 24.0 Å². The van der Waals surface area contributed by atoms with Crippen molar-refractivity contribution in [1.29, 1.82) is 0 Å². The normalized spacial score (nSPS) is 9.64. The van der Waals surface area contributed by atoms with E-state index in [0.29, 0.717) is 12.8 Å². The van der Waals surface area contributed by atoms with Gasteiger partial charge in [0.15, 0.2) is 12.1 Å².